The van der Waals surface area contributed by atoms with Crippen molar-refractivity contribution in [1.82, 2.24) is 0 Å². The molecule has 0 aliphatic rings. The van der Waals surface area contributed by atoms with Crippen molar-refractivity contribution < 1.29 is 41.0 Å². The van der Waals surface area contributed by atoms with Crippen molar-refractivity contribution in [3.8, 4) is 0 Å². The molecule has 0 N–H and O–H groups in total. The van der Waals surface area contributed by atoms with Gasteiger partial charge in [-0.1, -0.05) is 0 Å². The van der Waals surface area contributed by atoms with Gasteiger partial charge >= 0.3 is 0 Å². The van der Waals surface area contributed by atoms with Crippen LogP contribution in [0.25, 0.3) is 0 Å². The van der Waals surface area contributed by atoms with Crippen LogP contribution in [-0.4, -0.2) is 33.9 Å². The number of hydrogen-bond donors (Lipinski definition) is 0. The molecular formula is C6H13MnO5-. The maximum atomic E-state index is 8.00. The Balaban J connectivity index is -0.00000000500. The van der Waals surface area contributed by atoms with Crippen molar-refractivity contribution >= 4 is 33.9 Å². The first kappa shape index (κ1) is 70.7. The zero-order valence-corrected chi connectivity index (χ0v) is 8.14. The molecule has 0 aliphatic carbocycles. The van der Waals surface area contributed by atoms with Gasteiger partial charge in [-0.15, -0.1) is 0 Å². The fourth-order valence-electron chi connectivity index (χ4n) is 0. The predicted molar refractivity (Wildman–Crippen MR) is 42.0 cm³/mol. The van der Waals surface area contributed by atoms with Crippen LogP contribution in [-0.2, 0) is 41.0 Å². The van der Waals surface area contributed by atoms with Crippen LogP contribution in [0, 0.1) is 7.43 Å². The van der Waals surface area contributed by atoms with Crippen LogP contribution in [0.3, 0.4) is 0 Å². The largest absolute Gasteiger partial charge is 0.358 e. The van der Waals surface area contributed by atoms with Gasteiger partial charge in [-0.3, -0.25) is 0 Å². The van der Waals surface area contributed by atoms with Crippen LogP contribution in [0.5, 0.6) is 0 Å². The molecule has 0 fully saturated rings. The molecule has 0 spiro atoms. The summed E-state index contributed by atoms with van der Waals surface area (Å²) in [6, 6.07) is 0. The first-order valence-corrected chi connectivity index (χ1v) is 1.44. The summed E-state index contributed by atoms with van der Waals surface area (Å²) in [6.07, 6.45) is 0. The Labute approximate surface area is 83.0 Å². The van der Waals surface area contributed by atoms with Crippen molar-refractivity contribution in [3.63, 3.8) is 0 Å². The molecule has 0 aliphatic heterocycles. The van der Waals surface area contributed by atoms with E-state index in [4.69, 9.17) is 24.0 Å². The van der Waals surface area contributed by atoms with E-state index in [0.717, 1.165) is 0 Å². The van der Waals surface area contributed by atoms with E-state index in [1.54, 1.807) is 0 Å². The minimum atomic E-state index is 0. The van der Waals surface area contributed by atoms with Gasteiger partial charge < -0.3 is 31.4 Å². The molecule has 75 valence electrons. The molecule has 6 heteroatoms. The minimum absolute atomic E-state index is 0. The Hall–Kier alpha value is -1.13. The molecule has 0 aromatic rings. The van der Waals surface area contributed by atoms with E-state index in [1.807, 2.05) is 33.9 Å². The summed E-state index contributed by atoms with van der Waals surface area (Å²) in [6.45, 7) is 10.0. The molecule has 0 saturated heterocycles. The molecule has 0 unspecified atom stereocenters. The summed E-state index contributed by atoms with van der Waals surface area (Å²) in [5.74, 6) is 0. The third-order valence-corrected chi connectivity index (χ3v) is 0. The fraction of sp³-hybridized carbons (Fsp3) is 0. The summed E-state index contributed by atoms with van der Waals surface area (Å²) in [7, 11) is 0. The summed E-state index contributed by atoms with van der Waals surface area (Å²) < 4.78 is 0. The van der Waals surface area contributed by atoms with E-state index in [1.165, 1.54) is 0 Å². The summed E-state index contributed by atoms with van der Waals surface area (Å²) in [5.41, 5.74) is 0. The summed E-state index contributed by atoms with van der Waals surface area (Å²) >= 11 is 0. The van der Waals surface area contributed by atoms with Crippen LogP contribution in [0.2, 0.25) is 0 Å². The van der Waals surface area contributed by atoms with Crippen molar-refractivity contribution in [2.75, 3.05) is 0 Å². The molecule has 0 atom stereocenters. The maximum absolute atomic E-state index is 8.00. The van der Waals surface area contributed by atoms with Gasteiger partial charge in [0.2, 0.25) is 0 Å². The van der Waals surface area contributed by atoms with Crippen LogP contribution >= 0.6 is 0 Å². The molecule has 1 radical (unpaired) electrons. The van der Waals surface area contributed by atoms with E-state index in [9.17, 15) is 0 Å². The van der Waals surface area contributed by atoms with E-state index >= 15 is 0 Å². The van der Waals surface area contributed by atoms with Crippen molar-refractivity contribution in [1.29, 1.82) is 0 Å². The summed E-state index contributed by atoms with van der Waals surface area (Å²) in [5, 5.41) is 0. The van der Waals surface area contributed by atoms with Gasteiger partial charge in [0.25, 0.3) is 0 Å². The third-order valence-electron chi connectivity index (χ3n) is 0. The molecule has 12 heavy (non-hydrogen) atoms. The van der Waals surface area contributed by atoms with Gasteiger partial charge in [-0.25, -0.2) is 0 Å². The van der Waals surface area contributed by atoms with E-state index in [2.05, 4.69) is 0 Å². The van der Waals surface area contributed by atoms with Gasteiger partial charge in [-0.05, 0) is 0 Å². The molecule has 5 nitrogen and oxygen atoms in total. The van der Waals surface area contributed by atoms with E-state index < -0.39 is 0 Å². The molecule has 0 heterocycles. The second-order valence-electron chi connectivity index (χ2n) is 0. The van der Waals surface area contributed by atoms with Gasteiger partial charge in [0, 0.05) is 17.1 Å². The quantitative estimate of drug-likeness (QED) is 0.406. The Morgan fingerprint density at radius 3 is 0.417 bits per heavy atom. The van der Waals surface area contributed by atoms with Crippen molar-refractivity contribution in [2.24, 2.45) is 0 Å². The third kappa shape index (κ3) is 430. The molecular weight excluding hydrogens is 207 g/mol. The molecule has 0 bridgehead atoms. The Bertz CT molecular complexity index is 27.5. The molecule has 0 rings (SSSR count). The maximum Gasteiger partial charge on any atom is 0.106 e. The van der Waals surface area contributed by atoms with Crippen LogP contribution in [0.15, 0.2) is 0 Å². The molecule has 0 aromatic heterocycles. The Morgan fingerprint density at radius 1 is 0.417 bits per heavy atom. The fourth-order valence-corrected chi connectivity index (χ4v) is 0. The first-order valence-electron chi connectivity index (χ1n) is 1.44. The minimum Gasteiger partial charge on any atom is -0.358 e. The first-order chi connectivity index (χ1) is 5.00. The molecule has 0 aromatic carbocycles. The van der Waals surface area contributed by atoms with Crippen LogP contribution < -0.4 is 0 Å². The number of hydrogen-bond acceptors (Lipinski definition) is 5. The topological polar surface area (TPSA) is 85.3 Å². The number of carbonyl (C=O) groups excluding carboxylic acids is 5. The van der Waals surface area contributed by atoms with Crippen LogP contribution in [0.4, 0.5) is 0 Å². The van der Waals surface area contributed by atoms with Gasteiger partial charge in [0.1, 0.15) is 33.9 Å². The van der Waals surface area contributed by atoms with Crippen molar-refractivity contribution in [3.05, 3.63) is 7.43 Å². The van der Waals surface area contributed by atoms with Gasteiger partial charge in [-0.2, -0.15) is 0 Å². The van der Waals surface area contributed by atoms with Gasteiger partial charge in [0.15, 0.2) is 0 Å². The average Bonchev–Trinajstić information content (AvgIpc) is 2.20. The zero-order valence-electron chi connectivity index (χ0n) is 6.95. The normalized spacial score (nSPS) is 1.67. The summed E-state index contributed by atoms with van der Waals surface area (Å²) in [4.78, 5) is 40.0. The molecule has 0 saturated carbocycles. The van der Waals surface area contributed by atoms with E-state index in [0.29, 0.717) is 0 Å². The van der Waals surface area contributed by atoms with Crippen LogP contribution in [0.1, 0.15) is 0 Å². The standard InChI is InChI=1S/5CH2O.CH3.Mn/c5*1-2;;/h5*1H2;1H3;/q;;;;;-1;. The number of rotatable bonds is 0. The zero-order chi connectivity index (χ0) is 10.0. The second kappa shape index (κ2) is 607. The van der Waals surface area contributed by atoms with E-state index in [-0.39, 0.29) is 24.5 Å². The second-order valence-corrected chi connectivity index (χ2v) is 0. The smallest absolute Gasteiger partial charge is 0.106 e. The average molecular weight is 220 g/mol. The van der Waals surface area contributed by atoms with Crippen molar-refractivity contribution in [2.45, 2.75) is 0 Å². The Kier molecular flexibility index (Phi) is 3580. The van der Waals surface area contributed by atoms with Gasteiger partial charge in [0.05, 0.1) is 0 Å². The Morgan fingerprint density at radius 2 is 0.417 bits per heavy atom. The molecule has 0 amide bonds. The number of carbonyl (C=O) groups is 5. The predicted octanol–water partition coefficient (Wildman–Crippen LogP) is -0.477. The SMILES string of the molecule is C=O.C=O.C=O.C=O.C=O.[CH3-].[Mn]. The monoisotopic (exact) mass is 220 g/mol.